The molecule has 0 spiro atoms. The highest BCUT2D eigenvalue weighted by atomic mass is 31.1. The molecule has 1 aromatic rings. The summed E-state index contributed by atoms with van der Waals surface area (Å²) in [6, 6.07) is -0.362. The summed E-state index contributed by atoms with van der Waals surface area (Å²) in [5, 5.41) is 9.73. The number of piperidine rings is 1. The topological polar surface area (TPSA) is 78.1 Å². The molecule has 23 heavy (non-hydrogen) atoms. The van der Waals surface area contributed by atoms with Gasteiger partial charge in [0.25, 0.3) is 0 Å². The van der Waals surface area contributed by atoms with Crippen LogP contribution in [-0.2, 0) is 9.59 Å². The Balaban J connectivity index is 0.000000924. The Hall–Kier alpha value is -1.94. The van der Waals surface area contributed by atoms with Crippen molar-refractivity contribution in [3.63, 3.8) is 0 Å². The first-order valence-corrected chi connectivity index (χ1v) is 9.72. The molecule has 6 nitrogen and oxygen atoms in total. The normalized spacial score (nSPS) is 22.6. The molecule has 1 aromatic heterocycles. The van der Waals surface area contributed by atoms with Crippen molar-refractivity contribution >= 4 is 37.7 Å². The van der Waals surface area contributed by atoms with Gasteiger partial charge in [0.1, 0.15) is 6.04 Å². The molecule has 0 radical (unpaired) electrons. The quantitative estimate of drug-likeness (QED) is 0.644. The van der Waals surface area contributed by atoms with Crippen molar-refractivity contribution in [3.8, 4) is 0 Å². The van der Waals surface area contributed by atoms with Crippen LogP contribution in [0.15, 0.2) is 11.6 Å². The van der Waals surface area contributed by atoms with Gasteiger partial charge in [-0.25, -0.2) is 0 Å². The third kappa shape index (κ3) is 3.70. The number of aromatic amines is 1. The second-order valence-corrected chi connectivity index (χ2v) is 7.18. The zero-order valence-electron chi connectivity index (χ0n) is 14.0. The molecule has 2 unspecified atom stereocenters. The van der Waals surface area contributed by atoms with E-state index in [0.717, 1.165) is 17.1 Å². The number of amides is 2. The van der Waals surface area contributed by atoms with E-state index < -0.39 is 0 Å². The maximum Gasteiger partial charge on any atom is 0.249 e. The van der Waals surface area contributed by atoms with Crippen molar-refractivity contribution in [1.29, 1.82) is 0 Å². The lowest BCUT2D eigenvalue weighted by Crippen LogP contribution is -2.51. The van der Waals surface area contributed by atoms with Crippen LogP contribution in [0, 0.1) is 0 Å². The molecule has 1 fully saturated rings. The number of imide groups is 1. The van der Waals surface area contributed by atoms with Gasteiger partial charge in [-0.05, 0) is 25.2 Å². The first-order chi connectivity index (χ1) is 11.1. The van der Waals surface area contributed by atoms with Gasteiger partial charge in [0.15, 0.2) is 5.82 Å². The number of nitrogens with one attached hydrogen (secondary N) is 2. The maximum atomic E-state index is 12.0. The van der Waals surface area contributed by atoms with E-state index in [9.17, 15) is 9.59 Å². The molecule has 0 saturated carbocycles. The lowest BCUT2D eigenvalue weighted by atomic mass is 10.0. The predicted octanol–water partition coefficient (Wildman–Crippen LogP) is 2.74. The van der Waals surface area contributed by atoms with Crippen LogP contribution < -0.4 is 10.2 Å². The number of nitrogens with zero attached hydrogens (tertiary/aromatic N) is 2. The summed E-state index contributed by atoms with van der Waals surface area (Å²) in [4.78, 5) is 25.1. The molecule has 2 aliphatic heterocycles. The van der Waals surface area contributed by atoms with Crippen LogP contribution in [0.3, 0.4) is 0 Å². The van der Waals surface area contributed by atoms with Crippen molar-refractivity contribution in [2.75, 3.05) is 18.6 Å². The predicted molar refractivity (Wildman–Crippen MR) is 95.4 cm³/mol. The van der Waals surface area contributed by atoms with Gasteiger partial charge < -0.3 is 4.90 Å². The summed E-state index contributed by atoms with van der Waals surface area (Å²) in [7, 11) is 1.59. The number of carbonyl (C=O) groups is 2. The van der Waals surface area contributed by atoms with Crippen molar-refractivity contribution in [3.05, 3.63) is 22.9 Å². The fourth-order valence-corrected chi connectivity index (χ4v) is 3.42. The molecule has 7 heteroatoms. The van der Waals surface area contributed by atoms with E-state index in [-0.39, 0.29) is 25.8 Å². The molecule has 0 aliphatic carbocycles. The number of H-pyrrole nitrogens is 1. The minimum atomic E-state index is -0.362. The summed E-state index contributed by atoms with van der Waals surface area (Å²) < 4.78 is 0. The summed E-state index contributed by atoms with van der Waals surface area (Å²) in [5.74, 6) is 4.60. The maximum absolute atomic E-state index is 12.0. The molecule has 2 atom stereocenters. The molecule has 3 heterocycles. The molecule has 2 amide bonds. The van der Waals surface area contributed by atoms with Crippen LogP contribution in [0.1, 0.15) is 37.9 Å². The van der Waals surface area contributed by atoms with Crippen LogP contribution in [0.4, 0.5) is 5.82 Å². The van der Waals surface area contributed by atoms with Gasteiger partial charge in [0, 0.05) is 19.0 Å². The number of hydrogen-bond donors (Lipinski definition) is 2. The largest absolute Gasteiger partial charge is 0.346 e. The van der Waals surface area contributed by atoms with Crippen molar-refractivity contribution < 1.29 is 9.59 Å². The van der Waals surface area contributed by atoms with Crippen molar-refractivity contribution in [1.82, 2.24) is 15.5 Å². The van der Waals surface area contributed by atoms with Gasteiger partial charge >= 0.3 is 0 Å². The first kappa shape index (κ1) is 17.4. The lowest BCUT2D eigenvalue weighted by molar-refractivity contribution is -0.134. The van der Waals surface area contributed by atoms with E-state index >= 15 is 0 Å². The van der Waals surface area contributed by atoms with Gasteiger partial charge in [-0.2, -0.15) is 5.10 Å². The van der Waals surface area contributed by atoms with Gasteiger partial charge in [-0.3, -0.25) is 20.0 Å². The number of rotatable bonds is 2. The molecular formula is C16H23N4O2P. The summed E-state index contributed by atoms with van der Waals surface area (Å²) in [5.41, 5.74) is 1.94. The Bertz CT molecular complexity index is 651. The first-order valence-electron chi connectivity index (χ1n) is 7.79. The van der Waals surface area contributed by atoms with Gasteiger partial charge in [0.05, 0.1) is 5.69 Å². The fraction of sp³-hybridized carbons (Fsp3) is 0.438. The number of likely N-dealkylation sites (N-methyl/N-ethyl adjacent to an activating group) is 1. The number of hydrogen-bond acceptors (Lipinski definition) is 4. The number of aromatic nitrogens is 2. The standard InChI is InChI=1S/C14H17N4O2P.C2H6/c1-18(11-3-4-12(19)15-14(11)20)13-9-5-7-21(2)8-6-10(9)16-17-13;1-2/h5-8,11H,3-4H2,1-2H3,(H,16,17)(H,15,19,20);1-2H3. The third-order valence-corrected chi connectivity index (χ3v) is 5.02. The molecular weight excluding hydrogens is 311 g/mol. The van der Waals surface area contributed by atoms with E-state index in [1.54, 1.807) is 0 Å². The Morgan fingerprint density at radius 3 is 2.65 bits per heavy atom. The number of anilines is 1. The molecule has 1 saturated heterocycles. The van der Waals surface area contributed by atoms with Gasteiger partial charge in [-0.1, -0.05) is 33.4 Å². The van der Waals surface area contributed by atoms with E-state index in [1.165, 1.54) is 0 Å². The van der Waals surface area contributed by atoms with Crippen molar-refractivity contribution in [2.45, 2.75) is 32.7 Å². The van der Waals surface area contributed by atoms with Gasteiger partial charge in [0.2, 0.25) is 11.8 Å². The summed E-state index contributed by atoms with van der Waals surface area (Å²) in [6.45, 7) is 6.17. The van der Waals surface area contributed by atoms with Crippen molar-refractivity contribution in [2.24, 2.45) is 0 Å². The number of carbonyl (C=O) groups excluding carboxylic acids is 2. The Morgan fingerprint density at radius 1 is 1.26 bits per heavy atom. The molecule has 124 valence electrons. The molecule has 2 aliphatic rings. The second-order valence-electron chi connectivity index (χ2n) is 5.25. The van der Waals surface area contributed by atoms with Crippen LogP contribution in [0.2, 0.25) is 0 Å². The second kappa shape index (κ2) is 7.55. The monoisotopic (exact) mass is 334 g/mol. The highest BCUT2D eigenvalue weighted by molar-refractivity contribution is 7.63. The van der Waals surface area contributed by atoms with E-state index in [0.29, 0.717) is 12.8 Å². The van der Waals surface area contributed by atoms with Crippen LogP contribution >= 0.6 is 7.92 Å². The van der Waals surface area contributed by atoms with Crippen LogP contribution in [0.25, 0.3) is 12.2 Å². The Labute approximate surface area is 137 Å². The van der Waals surface area contributed by atoms with E-state index in [1.807, 2.05) is 31.9 Å². The van der Waals surface area contributed by atoms with Gasteiger partial charge in [-0.15, -0.1) is 0 Å². The third-order valence-electron chi connectivity index (χ3n) is 3.78. The lowest BCUT2D eigenvalue weighted by Gasteiger charge is -2.30. The zero-order chi connectivity index (χ0) is 17.0. The smallest absolute Gasteiger partial charge is 0.249 e. The summed E-state index contributed by atoms with van der Waals surface area (Å²) >= 11 is 0. The Kier molecular flexibility index (Phi) is 5.72. The minimum absolute atomic E-state index is 0.204. The average Bonchev–Trinajstić information content (AvgIpc) is 2.86. The number of fused-ring (bicyclic) bond motifs is 1. The fourth-order valence-electron chi connectivity index (χ4n) is 2.55. The van der Waals surface area contributed by atoms with Crippen LogP contribution in [-0.4, -0.2) is 41.8 Å². The van der Waals surface area contributed by atoms with E-state index in [2.05, 4.69) is 39.9 Å². The molecule has 3 rings (SSSR count). The minimum Gasteiger partial charge on any atom is -0.346 e. The SMILES string of the molecule is CC.CN(c1n[nH]c2c1C=CP(C)C=C2)C1CCC(=O)NC1=O. The summed E-state index contributed by atoms with van der Waals surface area (Å²) in [6.07, 6.45) is 4.98. The molecule has 0 aromatic carbocycles. The molecule has 2 N–H and O–H groups in total. The highest BCUT2D eigenvalue weighted by Gasteiger charge is 2.32. The average molecular weight is 334 g/mol. The van der Waals surface area contributed by atoms with E-state index in [4.69, 9.17) is 0 Å². The molecule has 0 bridgehead atoms. The Morgan fingerprint density at radius 2 is 1.96 bits per heavy atom. The zero-order valence-corrected chi connectivity index (χ0v) is 14.9. The highest BCUT2D eigenvalue weighted by Crippen LogP contribution is 2.40. The van der Waals surface area contributed by atoms with Crippen LogP contribution in [0.5, 0.6) is 0 Å².